The highest BCUT2D eigenvalue weighted by molar-refractivity contribution is 6.31. The summed E-state index contributed by atoms with van der Waals surface area (Å²) in [4.78, 5) is 20.1. The first kappa shape index (κ1) is 15.1. The number of piperidine rings is 1. The number of carbonyl (C=O) groups excluding carboxylic acids is 1. The van der Waals surface area contributed by atoms with E-state index in [2.05, 4.69) is 16.0 Å². The minimum Gasteiger partial charge on any atom is -0.371 e. The number of anilines is 1. The Hall–Kier alpha value is -1.81. The van der Waals surface area contributed by atoms with Crippen LogP contribution >= 0.6 is 11.6 Å². The average Bonchev–Trinajstić information content (AvgIpc) is 2.53. The van der Waals surface area contributed by atoms with Crippen molar-refractivity contribution in [2.75, 3.05) is 25.0 Å². The van der Waals surface area contributed by atoms with Gasteiger partial charge in [0.1, 0.15) is 0 Å². The molecular weight excluding hydrogens is 298 g/mol. The molecule has 2 aromatic rings. The smallest absolute Gasteiger partial charge is 0.219 e. The number of benzene rings is 1. The SMILES string of the molecule is CC(=O)N(C)C1CCN(c2ccnc3cc(Cl)ccc23)CC1. The zero-order valence-corrected chi connectivity index (χ0v) is 13.7. The number of halogens is 1. The van der Waals surface area contributed by atoms with Gasteiger partial charge in [-0.1, -0.05) is 11.6 Å². The van der Waals surface area contributed by atoms with Gasteiger partial charge in [-0.2, -0.15) is 0 Å². The molecular formula is C17H20ClN3O. The molecule has 1 amide bonds. The highest BCUT2D eigenvalue weighted by Gasteiger charge is 2.24. The van der Waals surface area contributed by atoms with Crippen molar-refractivity contribution in [3.8, 4) is 0 Å². The Morgan fingerprint density at radius 3 is 2.73 bits per heavy atom. The molecule has 1 aromatic carbocycles. The molecule has 1 aliphatic rings. The molecule has 3 rings (SSSR count). The third-order valence-corrected chi connectivity index (χ3v) is 4.77. The highest BCUT2D eigenvalue weighted by Crippen LogP contribution is 2.30. The first-order valence-electron chi connectivity index (χ1n) is 7.59. The summed E-state index contributed by atoms with van der Waals surface area (Å²) >= 11 is 6.05. The van der Waals surface area contributed by atoms with E-state index >= 15 is 0 Å². The minimum atomic E-state index is 0.141. The maximum atomic E-state index is 11.5. The number of pyridine rings is 1. The molecule has 116 valence electrons. The Labute approximate surface area is 135 Å². The maximum absolute atomic E-state index is 11.5. The average molecular weight is 318 g/mol. The van der Waals surface area contributed by atoms with Gasteiger partial charge in [-0.15, -0.1) is 0 Å². The number of carbonyl (C=O) groups is 1. The van der Waals surface area contributed by atoms with Crippen LogP contribution in [-0.4, -0.2) is 42.0 Å². The summed E-state index contributed by atoms with van der Waals surface area (Å²) in [5, 5.41) is 1.84. The molecule has 5 heteroatoms. The number of rotatable bonds is 2. The van der Waals surface area contributed by atoms with Gasteiger partial charge < -0.3 is 9.80 Å². The van der Waals surface area contributed by atoms with E-state index in [1.807, 2.05) is 36.3 Å². The number of fused-ring (bicyclic) bond motifs is 1. The molecule has 0 unspecified atom stereocenters. The van der Waals surface area contributed by atoms with E-state index in [1.54, 1.807) is 6.92 Å². The van der Waals surface area contributed by atoms with Crippen LogP contribution in [0.2, 0.25) is 5.02 Å². The lowest BCUT2D eigenvalue weighted by molar-refractivity contribution is -0.129. The van der Waals surface area contributed by atoms with Crippen molar-refractivity contribution in [2.45, 2.75) is 25.8 Å². The molecule has 0 saturated carbocycles. The van der Waals surface area contributed by atoms with E-state index in [0.717, 1.165) is 36.8 Å². The first-order chi connectivity index (χ1) is 10.6. The van der Waals surface area contributed by atoms with E-state index in [1.165, 1.54) is 5.69 Å². The molecule has 1 saturated heterocycles. The third-order valence-electron chi connectivity index (χ3n) is 4.53. The van der Waals surface area contributed by atoms with Crippen LogP contribution in [0.4, 0.5) is 5.69 Å². The number of amides is 1. The summed E-state index contributed by atoms with van der Waals surface area (Å²) in [7, 11) is 1.90. The molecule has 1 aromatic heterocycles. The Morgan fingerprint density at radius 1 is 1.32 bits per heavy atom. The van der Waals surface area contributed by atoms with Crippen molar-refractivity contribution in [3.63, 3.8) is 0 Å². The van der Waals surface area contributed by atoms with Gasteiger partial charge in [0, 0.05) is 55.4 Å². The molecule has 4 nitrogen and oxygen atoms in total. The van der Waals surface area contributed by atoms with E-state index in [-0.39, 0.29) is 5.91 Å². The Morgan fingerprint density at radius 2 is 2.05 bits per heavy atom. The molecule has 0 N–H and O–H groups in total. The molecule has 1 aliphatic heterocycles. The standard InChI is InChI=1S/C17H20ClN3O/c1-12(22)20(2)14-6-9-21(10-7-14)17-5-8-19-16-11-13(18)3-4-15(16)17/h3-5,8,11,14H,6-7,9-10H2,1-2H3. The van der Waals surface area contributed by atoms with Gasteiger partial charge in [0.2, 0.25) is 5.91 Å². The van der Waals surface area contributed by atoms with Crippen LogP contribution in [-0.2, 0) is 4.79 Å². The largest absolute Gasteiger partial charge is 0.371 e. The van der Waals surface area contributed by atoms with Crippen LogP contribution < -0.4 is 4.90 Å². The Bertz CT molecular complexity index is 695. The van der Waals surface area contributed by atoms with Gasteiger partial charge in [0.25, 0.3) is 0 Å². The van der Waals surface area contributed by atoms with Crippen molar-refractivity contribution in [2.24, 2.45) is 0 Å². The van der Waals surface area contributed by atoms with Gasteiger partial charge >= 0.3 is 0 Å². The second-order valence-corrected chi connectivity index (χ2v) is 6.28. The van der Waals surface area contributed by atoms with Gasteiger partial charge in [0.05, 0.1) is 5.52 Å². The van der Waals surface area contributed by atoms with E-state index in [0.29, 0.717) is 11.1 Å². The van der Waals surface area contributed by atoms with Crippen molar-refractivity contribution < 1.29 is 4.79 Å². The van der Waals surface area contributed by atoms with Gasteiger partial charge in [0.15, 0.2) is 0 Å². The number of nitrogens with zero attached hydrogens (tertiary/aromatic N) is 3. The summed E-state index contributed by atoms with van der Waals surface area (Å²) in [5.74, 6) is 0.141. The van der Waals surface area contributed by atoms with Crippen LogP contribution in [0, 0.1) is 0 Å². The number of hydrogen-bond acceptors (Lipinski definition) is 3. The molecule has 0 spiro atoms. The fraction of sp³-hybridized carbons (Fsp3) is 0.412. The lowest BCUT2D eigenvalue weighted by Crippen LogP contribution is -2.45. The lowest BCUT2D eigenvalue weighted by Gasteiger charge is -2.37. The summed E-state index contributed by atoms with van der Waals surface area (Å²) in [5.41, 5.74) is 2.12. The van der Waals surface area contributed by atoms with Crippen LogP contribution in [0.25, 0.3) is 10.9 Å². The molecule has 0 radical (unpaired) electrons. The zero-order valence-electron chi connectivity index (χ0n) is 12.9. The van der Waals surface area contributed by atoms with Crippen LogP contribution in [0.5, 0.6) is 0 Å². The number of aromatic nitrogens is 1. The lowest BCUT2D eigenvalue weighted by atomic mass is 10.0. The van der Waals surface area contributed by atoms with Gasteiger partial charge in [-0.05, 0) is 37.1 Å². The van der Waals surface area contributed by atoms with Crippen molar-refractivity contribution in [3.05, 3.63) is 35.5 Å². The quantitative estimate of drug-likeness (QED) is 0.852. The van der Waals surface area contributed by atoms with E-state index in [9.17, 15) is 4.79 Å². The molecule has 2 heterocycles. The van der Waals surface area contributed by atoms with Crippen LogP contribution in [0.1, 0.15) is 19.8 Å². The molecule has 0 bridgehead atoms. The summed E-state index contributed by atoms with van der Waals surface area (Å²) < 4.78 is 0. The predicted octanol–water partition coefficient (Wildman–Crippen LogP) is 3.34. The molecule has 0 atom stereocenters. The zero-order chi connectivity index (χ0) is 15.7. The van der Waals surface area contributed by atoms with Crippen LogP contribution in [0.3, 0.4) is 0 Å². The minimum absolute atomic E-state index is 0.141. The van der Waals surface area contributed by atoms with Crippen molar-refractivity contribution in [1.29, 1.82) is 0 Å². The Kier molecular flexibility index (Phi) is 4.21. The summed E-state index contributed by atoms with van der Waals surface area (Å²) in [6, 6.07) is 8.25. The molecule has 0 aliphatic carbocycles. The topological polar surface area (TPSA) is 36.4 Å². The summed E-state index contributed by atoms with van der Waals surface area (Å²) in [6.45, 7) is 3.53. The third kappa shape index (κ3) is 2.88. The number of hydrogen-bond donors (Lipinski definition) is 0. The maximum Gasteiger partial charge on any atom is 0.219 e. The monoisotopic (exact) mass is 317 g/mol. The van der Waals surface area contributed by atoms with Crippen molar-refractivity contribution in [1.82, 2.24) is 9.88 Å². The fourth-order valence-electron chi connectivity index (χ4n) is 3.13. The van der Waals surface area contributed by atoms with E-state index < -0.39 is 0 Å². The van der Waals surface area contributed by atoms with Crippen molar-refractivity contribution >= 4 is 34.1 Å². The molecule has 22 heavy (non-hydrogen) atoms. The van der Waals surface area contributed by atoms with E-state index in [4.69, 9.17) is 11.6 Å². The first-order valence-corrected chi connectivity index (χ1v) is 7.96. The van der Waals surface area contributed by atoms with Gasteiger partial charge in [-0.3, -0.25) is 9.78 Å². The Balaban J connectivity index is 1.81. The van der Waals surface area contributed by atoms with Crippen LogP contribution in [0.15, 0.2) is 30.5 Å². The fourth-order valence-corrected chi connectivity index (χ4v) is 3.30. The normalized spacial score (nSPS) is 16.0. The summed E-state index contributed by atoms with van der Waals surface area (Å²) in [6.07, 6.45) is 3.82. The second-order valence-electron chi connectivity index (χ2n) is 5.84. The second kappa shape index (κ2) is 6.13. The predicted molar refractivity (Wildman–Crippen MR) is 90.4 cm³/mol. The molecule has 1 fully saturated rings. The van der Waals surface area contributed by atoms with Gasteiger partial charge in [-0.25, -0.2) is 0 Å². The highest BCUT2D eigenvalue weighted by atomic mass is 35.5.